The van der Waals surface area contributed by atoms with Crippen LogP contribution >= 0.6 is 11.6 Å². The Kier molecular flexibility index (Phi) is 6.21. The number of aryl methyl sites for hydroxylation is 2. The predicted octanol–water partition coefficient (Wildman–Crippen LogP) is 4.58. The lowest BCUT2D eigenvalue weighted by Crippen LogP contribution is -2.22. The molecule has 0 amide bonds. The first kappa shape index (κ1) is 21.6. The summed E-state index contributed by atoms with van der Waals surface area (Å²) in [6.45, 7) is 12.0. The van der Waals surface area contributed by atoms with E-state index in [1.165, 1.54) is 0 Å². The van der Waals surface area contributed by atoms with Crippen LogP contribution in [0.25, 0.3) is 16.9 Å². The van der Waals surface area contributed by atoms with E-state index in [1.807, 2.05) is 24.5 Å². The summed E-state index contributed by atoms with van der Waals surface area (Å²) in [5.74, 6) is 0.585. The number of nitrogen functional groups attached to an aromatic ring is 1. The molecule has 8 heteroatoms. The number of nitrogens with zero attached hydrogens (tertiary/aromatic N) is 3. The van der Waals surface area contributed by atoms with Gasteiger partial charge in [-0.1, -0.05) is 50.3 Å². The van der Waals surface area contributed by atoms with Gasteiger partial charge < -0.3 is 10.5 Å². The van der Waals surface area contributed by atoms with Gasteiger partial charge in [0.05, 0.1) is 22.0 Å². The summed E-state index contributed by atoms with van der Waals surface area (Å²) in [6, 6.07) is 6.42. The lowest BCUT2D eigenvalue weighted by molar-refractivity contribution is 0.0883. The highest BCUT2D eigenvalue weighted by atomic mass is 35.5. The molecule has 2 aromatic heterocycles. The number of rotatable bonds is 7. The maximum absolute atomic E-state index is 13.4. The van der Waals surface area contributed by atoms with Gasteiger partial charge >= 0.3 is 0 Å². The lowest BCUT2D eigenvalue weighted by Gasteiger charge is -2.16. The molecule has 0 aliphatic heterocycles. The first-order chi connectivity index (χ1) is 13.6. The molecule has 2 N–H and O–H groups in total. The Morgan fingerprint density at radius 1 is 1.28 bits per heavy atom. The van der Waals surface area contributed by atoms with E-state index in [0.717, 1.165) is 11.7 Å². The van der Waals surface area contributed by atoms with Crippen LogP contribution in [-0.4, -0.2) is 28.6 Å². The number of benzene rings is 1. The van der Waals surface area contributed by atoms with Crippen LogP contribution in [0.15, 0.2) is 29.2 Å². The van der Waals surface area contributed by atoms with Crippen molar-refractivity contribution in [3.63, 3.8) is 0 Å². The van der Waals surface area contributed by atoms with Gasteiger partial charge in [0.25, 0.3) is 5.56 Å². The lowest BCUT2D eigenvalue weighted by atomic mass is 10.0. The fraction of sp³-hybridized carbons (Fsp3) is 0.429. The molecule has 2 heterocycles. The summed E-state index contributed by atoms with van der Waals surface area (Å²) in [4.78, 5) is 18.2. The maximum Gasteiger partial charge on any atom is 0.267 e. The van der Waals surface area contributed by atoms with E-state index in [-0.39, 0.29) is 5.56 Å². The summed E-state index contributed by atoms with van der Waals surface area (Å²) in [5.41, 5.74) is 9.16. The van der Waals surface area contributed by atoms with Crippen molar-refractivity contribution in [2.75, 3.05) is 12.3 Å². The van der Waals surface area contributed by atoms with Crippen molar-refractivity contribution < 1.29 is 4.74 Å². The second kappa shape index (κ2) is 8.34. The normalized spacial score (nSPS) is 12.1. The molecule has 0 saturated heterocycles. The van der Waals surface area contributed by atoms with Crippen LogP contribution in [0.5, 0.6) is 0 Å². The molecule has 156 valence electrons. The molecule has 3 rings (SSSR count). The molecule has 0 radical (unpaired) electrons. The molecule has 3 aromatic rings. The summed E-state index contributed by atoms with van der Waals surface area (Å²) >= 11 is 6.19. The number of aromatic nitrogens is 3. The average Bonchev–Trinajstić information content (AvgIpc) is 2.96. The molecular formula is C21H29ClN4O2Si. The highest BCUT2D eigenvalue weighted by Gasteiger charge is 2.20. The number of anilines is 1. The minimum absolute atomic E-state index is 0.148. The number of hydrogen-bond acceptors (Lipinski definition) is 4. The third kappa shape index (κ3) is 4.42. The molecular weight excluding hydrogens is 404 g/mol. The van der Waals surface area contributed by atoms with Gasteiger partial charge in [-0.05, 0) is 25.5 Å². The topological polar surface area (TPSA) is 74.5 Å². The first-order valence-electron chi connectivity index (χ1n) is 9.87. The highest BCUT2D eigenvalue weighted by Crippen LogP contribution is 2.31. The third-order valence-corrected chi connectivity index (χ3v) is 7.06. The maximum atomic E-state index is 13.4. The predicted molar refractivity (Wildman–Crippen MR) is 123 cm³/mol. The Morgan fingerprint density at radius 3 is 2.66 bits per heavy atom. The van der Waals surface area contributed by atoms with Crippen LogP contribution in [-0.2, 0) is 17.9 Å². The third-order valence-electron chi connectivity index (χ3n) is 5.03. The second-order valence-corrected chi connectivity index (χ2v) is 14.5. The molecule has 0 saturated carbocycles. The van der Waals surface area contributed by atoms with E-state index in [2.05, 4.69) is 19.6 Å². The summed E-state index contributed by atoms with van der Waals surface area (Å²) in [5, 5.41) is 0.429. The molecule has 6 nitrogen and oxygen atoms in total. The zero-order chi connectivity index (χ0) is 21.3. The van der Waals surface area contributed by atoms with Crippen molar-refractivity contribution in [3.05, 3.63) is 51.2 Å². The highest BCUT2D eigenvalue weighted by molar-refractivity contribution is 6.76. The van der Waals surface area contributed by atoms with Crippen molar-refractivity contribution in [3.8, 4) is 11.1 Å². The van der Waals surface area contributed by atoms with Gasteiger partial charge in [0, 0.05) is 32.1 Å². The number of halogens is 1. The van der Waals surface area contributed by atoms with Crippen LogP contribution in [0.2, 0.25) is 30.7 Å². The number of para-hydroxylation sites is 1. The standard InChI is InChI=1S/C21H29ClN4O2Si/c1-6-17-18(15-8-7-9-16(22)19(15)23)20(27)25-12-14(2)26(21(25)24-17)13-28-10-11-29(3,4)5/h7-9,12H,6,10-11,13,23H2,1-5H3. The van der Waals surface area contributed by atoms with Gasteiger partial charge in [-0.3, -0.25) is 13.8 Å². The molecule has 0 bridgehead atoms. The average molecular weight is 433 g/mol. The molecule has 29 heavy (non-hydrogen) atoms. The van der Waals surface area contributed by atoms with Crippen molar-refractivity contribution >= 4 is 31.1 Å². The van der Waals surface area contributed by atoms with Crippen molar-refractivity contribution in [1.82, 2.24) is 14.0 Å². The minimum atomic E-state index is -1.15. The van der Waals surface area contributed by atoms with Crippen molar-refractivity contribution in [2.45, 2.75) is 52.7 Å². The molecule has 0 unspecified atom stereocenters. The molecule has 0 aliphatic carbocycles. The summed E-state index contributed by atoms with van der Waals surface area (Å²) < 4.78 is 9.43. The largest absolute Gasteiger partial charge is 0.397 e. The van der Waals surface area contributed by atoms with E-state index in [9.17, 15) is 4.79 Å². The van der Waals surface area contributed by atoms with Gasteiger partial charge in [-0.15, -0.1) is 0 Å². The van der Waals surface area contributed by atoms with E-state index in [0.29, 0.717) is 53.1 Å². The van der Waals surface area contributed by atoms with Crippen LogP contribution in [0.3, 0.4) is 0 Å². The van der Waals surface area contributed by atoms with Gasteiger partial charge in [0.1, 0.15) is 6.73 Å². The van der Waals surface area contributed by atoms with Gasteiger partial charge in [-0.25, -0.2) is 4.98 Å². The Morgan fingerprint density at radius 2 is 2.00 bits per heavy atom. The Hall–Kier alpha value is -2.09. The van der Waals surface area contributed by atoms with Gasteiger partial charge in [0.2, 0.25) is 5.78 Å². The molecule has 0 atom stereocenters. The number of hydrogen-bond donors (Lipinski definition) is 1. The van der Waals surface area contributed by atoms with E-state index < -0.39 is 8.07 Å². The Balaban J connectivity index is 2.06. The Bertz CT molecular complexity index is 1100. The molecule has 0 fully saturated rings. The van der Waals surface area contributed by atoms with Crippen molar-refractivity contribution in [1.29, 1.82) is 0 Å². The van der Waals surface area contributed by atoms with E-state index >= 15 is 0 Å². The van der Waals surface area contributed by atoms with Crippen molar-refractivity contribution in [2.24, 2.45) is 0 Å². The number of ether oxygens (including phenoxy) is 1. The van der Waals surface area contributed by atoms with Crippen LogP contribution in [0.4, 0.5) is 5.69 Å². The van der Waals surface area contributed by atoms with E-state index in [4.69, 9.17) is 27.1 Å². The zero-order valence-electron chi connectivity index (χ0n) is 17.8. The molecule has 0 spiro atoms. The quantitative estimate of drug-likeness (QED) is 0.337. The summed E-state index contributed by atoms with van der Waals surface area (Å²) in [7, 11) is -1.15. The second-order valence-electron chi connectivity index (χ2n) is 8.51. The Labute approximate surface area is 177 Å². The van der Waals surface area contributed by atoms with Crippen LogP contribution < -0.4 is 11.3 Å². The monoisotopic (exact) mass is 432 g/mol. The summed E-state index contributed by atoms with van der Waals surface area (Å²) in [6.07, 6.45) is 2.41. The smallest absolute Gasteiger partial charge is 0.267 e. The van der Waals surface area contributed by atoms with Gasteiger partial charge in [-0.2, -0.15) is 0 Å². The van der Waals surface area contributed by atoms with Crippen LogP contribution in [0, 0.1) is 6.92 Å². The number of nitrogens with two attached hydrogens (primary N) is 1. The fourth-order valence-electron chi connectivity index (χ4n) is 3.26. The van der Waals surface area contributed by atoms with E-state index in [1.54, 1.807) is 22.7 Å². The molecule has 0 aliphatic rings. The SMILES string of the molecule is CCc1nc2n(COCC[Si](C)(C)C)c(C)cn2c(=O)c1-c1cccc(Cl)c1N. The number of imidazole rings is 1. The van der Waals surface area contributed by atoms with Crippen LogP contribution in [0.1, 0.15) is 18.3 Å². The fourth-order valence-corrected chi connectivity index (χ4v) is 4.19. The zero-order valence-corrected chi connectivity index (χ0v) is 19.5. The minimum Gasteiger partial charge on any atom is -0.397 e. The van der Waals surface area contributed by atoms with Gasteiger partial charge in [0.15, 0.2) is 0 Å². The molecule has 1 aromatic carbocycles. The first-order valence-corrected chi connectivity index (χ1v) is 14.0. The number of fused-ring (bicyclic) bond motifs is 1.